The number of halogens is 1. The van der Waals surface area contributed by atoms with E-state index in [-0.39, 0.29) is 11.3 Å². The van der Waals surface area contributed by atoms with Crippen LogP contribution in [0.2, 0.25) is 5.02 Å². The molecule has 15 heavy (non-hydrogen) atoms. The van der Waals surface area contributed by atoms with Crippen LogP contribution < -0.4 is 0 Å². The molecule has 0 atom stereocenters. The van der Waals surface area contributed by atoms with Crippen LogP contribution >= 0.6 is 22.9 Å². The first-order valence-electron chi connectivity index (χ1n) is 4.75. The number of rotatable bonds is 1. The molecule has 0 saturated heterocycles. The predicted octanol–water partition coefficient (Wildman–Crippen LogP) is 3.40. The van der Waals surface area contributed by atoms with Gasteiger partial charge in [0.25, 0.3) is 5.91 Å². The van der Waals surface area contributed by atoms with Gasteiger partial charge in [0.05, 0.1) is 5.02 Å². The first-order valence-corrected chi connectivity index (χ1v) is 5.94. The molecule has 0 aliphatic rings. The van der Waals surface area contributed by atoms with Crippen LogP contribution in [0, 0.1) is 0 Å². The van der Waals surface area contributed by atoms with Gasteiger partial charge in [-0.05, 0) is 11.5 Å². The Kier molecular flexibility index (Phi) is 3.46. The zero-order valence-electron chi connectivity index (χ0n) is 9.72. The third-order valence-electron chi connectivity index (χ3n) is 2.03. The number of hydrogen-bond donors (Lipinski definition) is 0. The third kappa shape index (κ3) is 2.73. The molecule has 0 unspecified atom stereocenters. The molecule has 0 bridgehead atoms. The standard InChI is InChI=1S/C11H16ClNOS/c1-11(2,3)8-6-7(12)9(15-8)10(14)13(4)5/h6H,1-5H3. The average Bonchev–Trinajstić information content (AvgIpc) is 2.45. The van der Waals surface area contributed by atoms with E-state index in [1.165, 1.54) is 11.3 Å². The van der Waals surface area contributed by atoms with E-state index in [4.69, 9.17) is 11.6 Å². The highest BCUT2D eigenvalue weighted by Crippen LogP contribution is 2.35. The first kappa shape index (κ1) is 12.5. The topological polar surface area (TPSA) is 20.3 Å². The summed E-state index contributed by atoms with van der Waals surface area (Å²) in [6.07, 6.45) is 0. The van der Waals surface area contributed by atoms with E-state index in [2.05, 4.69) is 20.8 Å². The van der Waals surface area contributed by atoms with E-state index in [1.807, 2.05) is 6.07 Å². The summed E-state index contributed by atoms with van der Waals surface area (Å²) in [4.78, 5) is 15.1. The third-order valence-corrected chi connectivity index (χ3v) is 3.99. The SMILES string of the molecule is CN(C)C(=O)c1sc(C(C)(C)C)cc1Cl. The lowest BCUT2D eigenvalue weighted by Crippen LogP contribution is -2.20. The van der Waals surface area contributed by atoms with Crippen molar-refractivity contribution in [1.82, 2.24) is 4.90 Å². The summed E-state index contributed by atoms with van der Waals surface area (Å²) < 4.78 is 0. The molecule has 4 heteroatoms. The van der Waals surface area contributed by atoms with Crippen LogP contribution in [0.5, 0.6) is 0 Å². The summed E-state index contributed by atoms with van der Waals surface area (Å²) in [5.74, 6) is -0.0273. The Hall–Kier alpha value is -0.540. The molecule has 2 nitrogen and oxygen atoms in total. The maximum absolute atomic E-state index is 11.8. The van der Waals surface area contributed by atoms with Gasteiger partial charge in [0, 0.05) is 19.0 Å². The molecule has 0 spiro atoms. The van der Waals surface area contributed by atoms with Crippen LogP contribution in [-0.4, -0.2) is 24.9 Å². The summed E-state index contributed by atoms with van der Waals surface area (Å²) in [5, 5.41) is 0.559. The highest BCUT2D eigenvalue weighted by Gasteiger charge is 2.22. The minimum absolute atomic E-state index is 0.0273. The van der Waals surface area contributed by atoms with Crippen LogP contribution in [0.4, 0.5) is 0 Å². The van der Waals surface area contributed by atoms with Gasteiger partial charge in [-0.25, -0.2) is 0 Å². The Morgan fingerprint density at radius 3 is 2.27 bits per heavy atom. The van der Waals surface area contributed by atoms with Gasteiger partial charge in [0.1, 0.15) is 4.88 Å². The van der Waals surface area contributed by atoms with E-state index in [0.717, 1.165) is 4.88 Å². The van der Waals surface area contributed by atoms with Crippen LogP contribution in [0.15, 0.2) is 6.07 Å². The van der Waals surface area contributed by atoms with Crippen molar-refractivity contribution in [1.29, 1.82) is 0 Å². The lowest BCUT2D eigenvalue weighted by atomic mass is 9.95. The van der Waals surface area contributed by atoms with E-state index in [1.54, 1.807) is 19.0 Å². The summed E-state index contributed by atoms with van der Waals surface area (Å²) in [7, 11) is 3.46. The molecule has 84 valence electrons. The fourth-order valence-electron chi connectivity index (χ4n) is 1.09. The zero-order chi connectivity index (χ0) is 11.8. The summed E-state index contributed by atoms with van der Waals surface area (Å²) in [5.41, 5.74) is 0.0408. The Morgan fingerprint density at radius 1 is 1.40 bits per heavy atom. The monoisotopic (exact) mass is 245 g/mol. The van der Waals surface area contributed by atoms with Gasteiger partial charge in [-0.3, -0.25) is 4.79 Å². The molecule has 1 aromatic rings. The molecule has 0 aromatic carbocycles. The molecule has 1 heterocycles. The highest BCUT2D eigenvalue weighted by molar-refractivity contribution is 7.14. The maximum Gasteiger partial charge on any atom is 0.264 e. The molecule has 0 saturated carbocycles. The normalized spacial score (nSPS) is 11.6. The van der Waals surface area contributed by atoms with Gasteiger partial charge in [-0.15, -0.1) is 11.3 Å². The smallest absolute Gasteiger partial charge is 0.264 e. The molecule has 0 aliphatic carbocycles. The fraction of sp³-hybridized carbons (Fsp3) is 0.545. The van der Waals surface area contributed by atoms with Crippen molar-refractivity contribution in [3.8, 4) is 0 Å². The average molecular weight is 246 g/mol. The molecule has 0 aliphatic heterocycles. The van der Waals surface area contributed by atoms with Gasteiger partial charge in [-0.1, -0.05) is 32.4 Å². The maximum atomic E-state index is 11.8. The lowest BCUT2D eigenvalue weighted by Gasteiger charge is -2.15. The van der Waals surface area contributed by atoms with Gasteiger partial charge in [0.15, 0.2) is 0 Å². The summed E-state index contributed by atoms with van der Waals surface area (Å²) in [6, 6.07) is 1.89. The second-order valence-electron chi connectivity index (χ2n) is 4.74. The molecule has 1 rings (SSSR count). The van der Waals surface area contributed by atoms with Crippen molar-refractivity contribution in [3.63, 3.8) is 0 Å². The number of carbonyl (C=O) groups is 1. The van der Waals surface area contributed by atoms with E-state index >= 15 is 0 Å². The van der Waals surface area contributed by atoms with E-state index in [9.17, 15) is 4.79 Å². The fourth-order valence-corrected chi connectivity index (χ4v) is 2.59. The van der Waals surface area contributed by atoms with Crippen molar-refractivity contribution in [2.45, 2.75) is 26.2 Å². The van der Waals surface area contributed by atoms with Crippen molar-refractivity contribution in [2.75, 3.05) is 14.1 Å². The number of hydrogen-bond acceptors (Lipinski definition) is 2. The largest absolute Gasteiger partial charge is 0.344 e. The van der Waals surface area contributed by atoms with Gasteiger partial charge >= 0.3 is 0 Å². The Labute approximate surface area is 99.9 Å². The first-order chi connectivity index (χ1) is 6.73. The minimum atomic E-state index is -0.0273. The summed E-state index contributed by atoms with van der Waals surface area (Å²) in [6.45, 7) is 6.33. The van der Waals surface area contributed by atoms with Gasteiger partial charge in [0.2, 0.25) is 0 Å². The van der Waals surface area contributed by atoms with Crippen molar-refractivity contribution < 1.29 is 4.79 Å². The lowest BCUT2D eigenvalue weighted by molar-refractivity contribution is 0.0832. The van der Waals surface area contributed by atoms with Crippen LogP contribution in [0.1, 0.15) is 35.3 Å². The Morgan fingerprint density at radius 2 is 1.93 bits per heavy atom. The zero-order valence-corrected chi connectivity index (χ0v) is 11.3. The Balaban J connectivity index is 3.13. The number of amides is 1. The van der Waals surface area contributed by atoms with E-state index in [0.29, 0.717) is 9.90 Å². The van der Waals surface area contributed by atoms with Gasteiger partial charge in [-0.2, -0.15) is 0 Å². The number of nitrogens with zero attached hydrogens (tertiary/aromatic N) is 1. The number of carbonyl (C=O) groups excluding carboxylic acids is 1. The van der Waals surface area contributed by atoms with E-state index < -0.39 is 0 Å². The predicted molar refractivity (Wildman–Crippen MR) is 66.0 cm³/mol. The highest BCUT2D eigenvalue weighted by atomic mass is 35.5. The molecule has 0 fully saturated rings. The molecular weight excluding hydrogens is 230 g/mol. The molecule has 1 aromatic heterocycles. The quantitative estimate of drug-likeness (QED) is 0.743. The molecule has 1 amide bonds. The molecule has 0 radical (unpaired) electrons. The van der Waals surface area contributed by atoms with Crippen LogP contribution in [0.3, 0.4) is 0 Å². The minimum Gasteiger partial charge on any atom is -0.344 e. The van der Waals surface area contributed by atoms with Gasteiger partial charge < -0.3 is 4.90 Å². The van der Waals surface area contributed by atoms with Crippen molar-refractivity contribution >= 4 is 28.8 Å². The van der Waals surface area contributed by atoms with Crippen LogP contribution in [0.25, 0.3) is 0 Å². The second kappa shape index (κ2) is 4.14. The number of thiophene rings is 1. The molecular formula is C11H16ClNOS. The van der Waals surface area contributed by atoms with Crippen molar-refractivity contribution in [3.05, 3.63) is 20.8 Å². The van der Waals surface area contributed by atoms with Crippen LogP contribution in [-0.2, 0) is 5.41 Å². The summed E-state index contributed by atoms with van der Waals surface area (Å²) >= 11 is 7.53. The van der Waals surface area contributed by atoms with Crippen molar-refractivity contribution in [2.24, 2.45) is 0 Å². The Bertz CT molecular complexity index is 376. The molecule has 0 N–H and O–H groups in total. The second-order valence-corrected chi connectivity index (χ2v) is 6.20.